The molecule has 138 valence electrons. The lowest BCUT2D eigenvalue weighted by atomic mass is 9.46. The Morgan fingerprint density at radius 3 is 2.85 bits per heavy atom. The van der Waals surface area contributed by atoms with Gasteiger partial charge in [-0.2, -0.15) is 0 Å². The molecule has 2 radical (unpaired) electrons. The molecule has 3 saturated carbocycles. The van der Waals surface area contributed by atoms with Crippen molar-refractivity contribution >= 4 is 0 Å². The first-order valence-corrected chi connectivity index (χ1v) is 10.5. The smallest absolute Gasteiger partial charge is 0.335 e. The van der Waals surface area contributed by atoms with E-state index in [0.717, 1.165) is 24.2 Å². The minimum absolute atomic E-state index is 0.244. The maximum Gasteiger partial charge on any atom is 0.335 e. The summed E-state index contributed by atoms with van der Waals surface area (Å²) in [6.45, 7) is 5.07. The van der Waals surface area contributed by atoms with Gasteiger partial charge in [-0.3, -0.25) is 0 Å². The zero-order valence-corrected chi connectivity index (χ0v) is 16.1. The van der Waals surface area contributed by atoms with Crippen LogP contribution in [0.2, 0.25) is 0 Å². The Bertz CT molecular complexity index is 769. The van der Waals surface area contributed by atoms with Gasteiger partial charge in [0.1, 0.15) is 0 Å². The van der Waals surface area contributed by atoms with Crippen LogP contribution in [-0.2, 0) is 0 Å². The summed E-state index contributed by atoms with van der Waals surface area (Å²) in [6, 6.07) is 3.58. The molecule has 0 spiro atoms. The molecule has 26 heavy (non-hydrogen) atoms. The van der Waals surface area contributed by atoms with E-state index in [1.54, 1.807) is 17.9 Å². The van der Waals surface area contributed by atoms with Gasteiger partial charge in [-0.15, -0.1) is 0 Å². The Morgan fingerprint density at radius 2 is 2.04 bits per heavy atom. The fourth-order valence-corrected chi connectivity index (χ4v) is 7.30. The van der Waals surface area contributed by atoms with E-state index in [-0.39, 0.29) is 11.0 Å². The van der Waals surface area contributed by atoms with Gasteiger partial charge in [-0.1, -0.05) is 25.5 Å². The van der Waals surface area contributed by atoms with E-state index >= 15 is 0 Å². The van der Waals surface area contributed by atoms with E-state index in [2.05, 4.69) is 26.3 Å². The van der Waals surface area contributed by atoms with Gasteiger partial charge in [-0.25, -0.2) is 4.79 Å². The summed E-state index contributed by atoms with van der Waals surface area (Å²) < 4.78 is 5.20. The fraction of sp³-hybridized carbons (Fsp3) is 0.667. The molecular formula is C24H30O2. The molecule has 4 aliphatic rings. The number of rotatable bonds is 1. The maximum atomic E-state index is 11.4. The van der Waals surface area contributed by atoms with Crippen LogP contribution in [-0.4, -0.2) is 0 Å². The third-order valence-electron chi connectivity index (χ3n) is 8.82. The molecule has 0 saturated heterocycles. The van der Waals surface area contributed by atoms with Crippen LogP contribution >= 0.6 is 0 Å². The lowest BCUT2D eigenvalue weighted by Crippen LogP contribution is -2.50. The highest BCUT2D eigenvalue weighted by atomic mass is 16.4. The quantitative estimate of drug-likeness (QED) is 0.602. The topological polar surface area (TPSA) is 30.2 Å². The molecule has 1 heterocycles. The first-order chi connectivity index (χ1) is 12.5. The summed E-state index contributed by atoms with van der Waals surface area (Å²) in [7, 11) is 0. The van der Waals surface area contributed by atoms with Gasteiger partial charge in [0, 0.05) is 6.07 Å². The third-order valence-corrected chi connectivity index (χ3v) is 8.82. The molecule has 6 atom stereocenters. The second-order valence-electron chi connectivity index (χ2n) is 9.74. The standard InChI is InChI=1S/C24H30O2/c1-23-13-4-3-5-17(23)7-8-18-20-10-9-19(16-6-11-22(25)26-15-16)24(20,2)14-12-21(18)23/h6,10-11,15,17-19,21H,4-5,7-9,12-14H2,1-2H3. The molecule has 6 unspecified atom stereocenters. The first kappa shape index (κ1) is 16.8. The van der Waals surface area contributed by atoms with Crippen molar-refractivity contribution in [1.29, 1.82) is 0 Å². The molecule has 0 N–H and O–H groups in total. The van der Waals surface area contributed by atoms with Crippen LogP contribution < -0.4 is 5.63 Å². The molecule has 0 aliphatic heterocycles. The van der Waals surface area contributed by atoms with E-state index < -0.39 is 0 Å². The highest BCUT2D eigenvalue weighted by Crippen LogP contribution is 2.67. The van der Waals surface area contributed by atoms with Crippen LogP contribution in [0.1, 0.15) is 76.7 Å². The minimum atomic E-state index is -0.244. The van der Waals surface area contributed by atoms with Crippen LogP contribution in [0.5, 0.6) is 0 Å². The molecule has 0 aromatic carbocycles. The van der Waals surface area contributed by atoms with Crippen LogP contribution in [0, 0.1) is 35.0 Å². The van der Waals surface area contributed by atoms with Gasteiger partial charge in [0.05, 0.1) is 6.26 Å². The van der Waals surface area contributed by atoms with E-state index in [0.29, 0.717) is 11.3 Å². The molecule has 3 fully saturated rings. The SMILES string of the molecule is CC12CCC3C(CCC4C[C]CCC43C)C1=CCC2c1ccc(=O)oc1. The number of hydrogen-bond donors (Lipinski definition) is 0. The van der Waals surface area contributed by atoms with E-state index in [1.807, 2.05) is 6.07 Å². The van der Waals surface area contributed by atoms with Crippen LogP contribution in [0.15, 0.2) is 39.3 Å². The summed E-state index contributed by atoms with van der Waals surface area (Å²) in [5, 5.41) is 0. The third kappa shape index (κ3) is 2.26. The summed E-state index contributed by atoms with van der Waals surface area (Å²) in [4.78, 5) is 11.4. The molecule has 0 bridgehead atoms. The molecule has 0 amide bonds. The molecule has 2 heteroatoms. The van der Waals surface area contributed by atoms with E-state index in [9.17, 15) is 4.79 Å². The van der Waals surface area contributed by atoms with Gasteiger partial charge >= 0.3 is 5.63 Å². The molecule has 5 rings (SSSR count). The maximum absolute atomic E-state index is 11.4. The van der Waals surface area contributed by atoms with Crippen molar-refractivity contribution in [2.45, 2.75) is 71.1 Å². The Kier molecular flexibility index (Phi) is 3.78. The van der Waals surface area contributed by atoms with Crippen molar-refractivity contribution in [3.63, 3.8) is 0 Å². The van der Waals surface area contributed by atoms with E-state index in [1.165, 1.54) is 50.5 Å². The largest absolute Gasteiger partial charge is 0.431 e. The molecule has 4 aliphatic carbocycles. The monoisotopic (exact) mass is 350 g/mol. The first-order valence-electron chi connectivity index (χ1n) is 10.5. The lowest BCUT2D eigenvalue weighted by Gasteiger charge is -2.59. The zero-order valence-electron chi connectivity index (χ0n) is 16.1. The van der Waals surface area contributed by atoms with Gasteiger partial charge in [0.2, 0.25) is 0 Å². The minimum Gasteiger partial charge on any atom is -0.431 e. The summed E-state index contributed by atoms with van der Waals surface area (Å²) in [5.41, 5.74) is 3.47. The second-order valence-corrected chi connectivity index (χ2v) is 9.74. The second kappa shape index (κ2) is 5.84. The number of hydrogen-bond acceptors (Lipinski definition) is 2. The van der Waals surface area contributed by atoms with Gasteiger partial charge in [-0.05, 0) is 104 Å². The Hall–Kier alpha value is -1.31. The van der Waals surface area contributed by atoms with E-state index in [4.69, 9.17) is 4.42 Å². The lowest BCUT2D eigenvalue weighted by molar-refractivity contribution is -0.0434. The van der Waals surface area contributed by atoms with Crippen molar-refractivity contribution < 1.29 is 4.42 Å². The molecule has 1 aromatic rings. The average molecular weight is 351 g/mol. The van der Waals surface area contributed by atoms with Crippen LogP contribution in [0.3, 0.4) is 0 Å². The molecular weight excluding hydrogens is 320 g/mol. The summed E-state index contributed by atoms with van der Waals surface area (Å²) in [6.07, 6.45) is 18.2. The highest BCUT2D eigenvalue weighted by Gasteiger charge is 2.57. The van der Waals surface area contributed by atoms with Gasteiger partial charge in [0.25, 0.3) is 0 Å². The predicted octanol–water partition coefficient (Wildman–Crippen LogP) is 5.77. The van der Waals surface area contributed by atoms with Crippen molar-refractivity contribution in [3.8, 4) is 0 Å². The predicted molar refractivity (Wildman–Crippen MR) is 103 cm³/mol. The van der Waals surface area contributed by atoms with Gasteiger partial charge in [0.15, 0.2) is 0 Å². The normalized spacial score (nSPS) is 44.6. The van der Waals surface area contributed by atoms with Crippen molar-refractivity contribution in [2.24, 2.45) is 28.6 Å². The molecule has 2 nitrogen and oxygen atoms in total. The highest BCUT2D eigenvalue weighted by molar-refractivity contribution is 5.36. The van der Waals surface area contributed by atoms with Gasteiger partial charge < -0.3 is 4.42 Å². The average Bonchev–Trinajstić information content (AvgIpc) is 2.99. The number of allylic oxidation sites excluding steroid dienone is 2. The summed E-state index contributed by atoms with van der Waals surface area (Å²) in [5.74, 6) is 2.97. The number of fused-ring (bicyclic) bond motifs is 5. The molecule has 1 aromatic heterocycles. The Balaban J connectivity index is 1.46. The summed E-state index contributed by atoms with van der Waals surface area (Å²) >= 11 is 0. The van der Waals surface area contributed by atoms with Crippen LogP contribution in [0.25, 0.3) is 0 Å². The fourth-order valence-electron chi connectivity index (χ4n) is 7.30. The Labute approximate surface area is 157 Å². The van der Waals surface area contributed by atoms with Crippen molar-refractivity contribution in [2.75, 3.05) is 0 Å². The Morgan fingerprint density at radius 1 is 1.15 bits per heavy atom. The van der Waals surface area contributed by atoms with Crippen LogP contribution in [0.4, 0.5) is 0 Å². The van der Waals surface area contributed by atoms with Crippen molar-refractivity contribution in [1.82, 2.24) is 0 Å². The van der Waals surface area contributed by atoms with Crippen molar-refractivity contribution in [3.05, 3.63) is 52.4 Å². The zero-order chi connectivity index (χ0) is 17.9.